The van der Waals surface area contributed by atoms with Crippen LogP contribution in [0.25, 0.3) is 22.3 Å². The Labute approximate surface area is 198 Å². The monoisotopic (exact) mass is 661 g/mol. The van der Waals surface area contributed by atoms with Crippen molar-refractivity contribution in [1.82, 2.24) is 4.90 Å². The summed E-state index contributed by atoms with van der Waals surface area (Å²) < 4.78 is 24.0. The Balaban J connectivity index is 1.67. The van der Waals surface area contributed by atoms with Crippen LogP contribution in [0.2, 0.25) is 0 Å². The molecule has 0 radical (unpaired) electrons. The van der Waals surface area contributed by atoms with Gasteiger partial charge in [-0.3, -0.25) is 0 Å². The fourth-order valence-corrected chi connectivity index (χ4v) is 6.24. The van der Waals surface area contributed by atoms with E-state index in [4.69, 9.17) is 35.3 Å². The van der Waals surface area contributed by atoms with E-state index < -0.39 is 40.0 Å². The number of likely N-dealkylation sites (N-methyl/N-ethyl adjacent to an activating group) is 1. The average Bonchev–Trinajstić information content (AvgIpc) is 3.35. The molecule has 30 heavy (non-hydrogen) atoms. The molecule has 2 aromatic carbocycles. The normalized spacial score (nSPS) is 17.0. The van der Waals surface area contributed by atoms with E-state index in [0.717, 1.165) is 29.7 Å². The maximum absolute atomic E-state index is 13.3. The molecule has 154 valence electrons. The zero-order chi connectivity index (χ0) is 20.8. The fourth-order valence-electron chi connectivity index (χ4n) is 3.81. The molecule has 0 aliphatic carbocycles. The molecule has 5 rings (SSSR count). The molecule has 0 bridgehead atoms. The Morgan fingerprint density at radius 2 is 1.63 bits per heavy atom. The molecule has 0 unspecified atom stereocenters. The number of hydrogen-bond acceptors (Lipinski definition) is 6. The van der Waals surface area contributed by atoms with Crippen LogP contribution in [-0.4, -0.2) is 64.3 Å². The van der Waals surface area contributed by atoms with Crippen molar-refractivity contribution >= 4 is 85.8 Å². The first kappa shape index (κ1) is 21.1. The van der Waals surface area contributed by atoms with Crippen LogP contribution < -0.4 is 0 Å². The molecule has 0 saturated carbocycles. The van der Waals surface area contributed by atoms with Gasteiger partial charge in [0.25, 0.3) is 0 Å². The van der Waals surface area contributed by atoms with Crippen LogP contribution in [0.4, 0.5) is 0 Å². The van der Waals surface area contributed by atoms with Gasteiger partial charge < -0.3 is 0 Å². The topological polar surface area (TPSA) is 72.9 Å². The number of carbonyl (C=O) groups excluding carboxylic acids is 1. The van der Waals surface area contributed by atoms with Gasteiger partial charge in [0.2, 0.25) is 0 Å². The van der Waals surface area contributed by atoms with E-state index in [-0.39, 0.29) is 12.2 Å². The summed E-state index contributed by atoms with van der Waals surface area (Å²) >= 11 is -2.34. The van der Waals surface area contributed by atoms with Gasteiger partial charge in [0.05, 0.1) is 0 Å². The third-order valence-electron chi connectivity index (χ3n) is 5.25. The Hall–Kier alpha value is -0.774. The van der Waals surface area contributed by atoms with E-state index in [1.165, 1.54) is 0 Å². The van der Waals surface area contributed by atoms with Crippen LogP contribution in [0.1, 0.15) is 27.0 Å². The minimum absolute atomic E-state index is 0.0373. The first-order chi connectivity index (χ1) is 14.6. The second kappa shape index (κ2) is 8.63. The molecule has 0 atom stereocenters. The van der Waals surface area contributed by atoms with Crippen LogP contribution in [0.3, 0.4) is 0 Å². The van der Waals surface area contributed by atoms with Gasteiger partial charge in [-0.05, 0) is 0 Å². The molecule has 0 saturated heterocycles. The van der Waals surface area contributed by atoms with E-state index in [9.17, 15) is 4.79 Å². The quantitative estimate of drug-likeness (QED) is 0.257. The summed E-state index contributed by atoms with van der Waals surface area (Å²) in [6, 6.07) is 7.52. The predicted molar refractivity (Wildman–Crippen MR) is 115 cm³/mol. The molecule has 1 aliphatic rings. The molecule has 0 spiro atoms. The second-order valence-electron chi connectivity index (χ2n) is 7.18. The second-order valence-corrected chi connectivity index (χ2v) is 12.5. The zero-order valence-electron chi connectivity index (χ0n) is 15.8. The Morgan fingerprint density at radius 3 is 2.40 bits per heavy atom. The number of hydrogen-bond donors (Lipinski definition) is 0. The van der Waals surface area contributed by atoms with Crippen LogP contribution in [0, 0.1) is 6.97 Å². The molecule has 0 fully saturated rings. The summed E-state index contributed by atoms with van der Waals surface area (Å²) in [6.45, 7) is 1.43. The first-order valence-corrected chi connectivity index (χ1v) is 18.2. The van der Waals surface area contributed by atoms with Gasteiger partial charge in [-0.2, -0.15) is 0 Å². The number of rotatable bonds is 0. The van der Waals surface area contributed by atoms with Gasteiger partial charge in [-0.15, -0.1) is 0 Å². The Morgan fingerprint density at radius 1 is 0.933 bits per heavy atom. The molecular weight excluding hydrogens is 649 g/mol. The van der Waals surface area contributed by atoms with Gasteiger partial charge in [-0.25, -0.2) is 0 Å². The van der Waals surface area contributed by atoms with Crippen molar-refractivity contribution in [3.8, 4) is 0 Å². The van der Waals surface area contributed by atoms with Crippen molar-refractivity contribution in [2.75, 3.05) is 13.6 Å². The minimum atomic E-state index is -1.17. The van der Waals surface area contributed by atoms with Gasteiger partial charge in [0, 0.05) is 0 Å². The average molecular weight is 664 g/mol. The molecule has 6 nitrogen and oxygen atoms in total. The van der Waals surface area contributed by atoms with Crippen LogP contribution in [-0.2, 0) is 19.4 Å². The number of halogens is 2. The Bertz CT molecular complexity index is 1430. The zero-order valence-corrected chi connectivity index (χ0v) is 22.4. The summed E-state index contributed by atoms with van der Waals surface area (Å²) in [5.74, 6) is 0.0373. The molecule has 0 N–H and O–H groups in total. The summed E-state index contributed by atoms with van der Waals surface area (Å²) in [5.41, 5.74) is 6.11. The molecule has 1 aliphatic heterocycles. The van der Waals surface area contributed by atoms with E-state index in [1.807, 2.05) is 18.2 Å². The molecule has 10 heteroatoms. The predicted octanol–water partition coefficient (Wildman–Crippen LogP) is 4.56. The van der Waals surface area contributed by atoms with Crippen LogP contribution >= 0.6 is 17.7 Å². The molecule has 3 heterocycles. The van der Waals surface area contributed by atoms with E-state index in [1.54, 1.807) is 6.07 Å². The van der Waals surface area contributed by atoms with Crippen molar-refractivity contribution in [3.05, 3.63) is 53.5 Å². The van der Waals surface area contributed by atoms with E-state index >= 15 is 0 Å². The van der Waals surface area contributed by atoms with Gasteiger partial charge in [-0.1, -0.05) is 0 Å². The fraction of sp³-hybridized carbons (Fsp3) is 0.250. The molecule has 0 amide bonds. The van der Waals surface area contributed by atoms with E-state index in [2.05, 4.69) is 11.9 Å². The molecular formula is C20H15Cl2NO5Sb2. The van der Waals surface area contributed by atoms with Crippen molar-refractivity contribution in [3.63, 3.8) is 0 Å². The standard InChI is InChI=1S/C20H15NO5.2ClH.2Sb/c1-21-5-4-13-7-18-19(25-10-24-18)8-14(13)16(22)6-12-2-3-17-20(15(12)9-21)26-11-23-17;;;;/h2-3,7-8H,4-6,9H2,1H3;2*1H;;/q;;;2*+1/p-2. The third kappa shape index (κ3) is 3.91. The molecule has 2 aromatic heterocycles. The maximum atomic E-state index is 13.3. The number of nitrogens with zero attached hydrogens (tertiary/aromatic N) is 1. The van der Waals surface area contributed by atoms with Gasteiger partial charge in [0.15, 0.2) is 0 Å². The van der Waals surface area contributed by atoms with Crippen molar-refractivity contribution < 1.29 is 22.5 Å². The molecule has 4 aromatic rings. The van der Waals surface area contributed by atoms with Crippen molar-refractivity contribution in [2.24, 2.45) is 0 Å². The number of benzene rings is 2. The SMILES string of the molecule is CN1CCc2cc3o[c](=[Sb][Cl])oc3cc2C(=O)Cc2ccc3o[c](=[Sb][Cl])oc3c2C1. The van der Waals surface area contributed by atoms with Gasteiger partial charge in [0.1, 0.15) is 0 Å². The van der Waals surface area contributed by atoms with E-state index in [0.29, 0.717) is 41.4 Å². The number of ketones is 1. The summed E-state index contributed by atoms with van der Waals surface area (Å²) in [4.78, 5) is 15.5. The number of carbonyl (C=O) groups is 1. The summed E-state index contributed by atoms with van der Waals surface area (Å²) in [6.07, 6.45) is 0.986. The number of fused-ring (bicyclic) bond motifs is 5. The van der Waals surface area contributed by atoms with Crippen LogP contribution in [0.15, 0.2) is 41.9 Å². The summed E-state index contributed by atoms with van der Waals surface area (Å²) in [7, 11) is 14.1. The van der Waals surface area contributed by atoms with Gasteiger partial charge >= 0.3 is 200 Å². The number of Topliss-reactive ketones (excluding diaryl/α,β-unsaturated/α-hetero) is 1. The first-order valence-electron chi connectivity index (χ1n) is 9.18. The van der Waals surface area contributed by atoms with Crippen molar-refractivity contribution in [1.29, 1.82) is 0 Å². The van der Waals surface area contributed by atoms with Crippen LogP contribution in [0.5, 0.6) is 0 Å². The third-order valence-corrected chi connectivity index (χ3v) is 8.93. The summed E-state index contributed by atoms with van der Waals surface area (Å²) in [5, 5.41) is 0. The van der Waals surface area contributed by atoms with Crippen molar-refractivity contribution in [2.45, 2.75) is 19.4 Å². The Kier molecular flexibility index (Phi) is 6.07.